The van der Waals surface area contributed by atoms with Crippen molar-refractivity contribution in [2.45, 2.75) is 91.0 Å². The van der Waals surface area contributed by atoms with E-state index >= 15 is 0 Å². The molecule has 0 aliphatic carbocycles. The first-order chi connectivity index (χ1) is 22.8. The van der Waals surface area contributed by atoms with Gasteiger partial charge in [-0.1, -0.05) is 75.8 Å². The Kier molecular flexibility index (Phi) is 10.0. The number of aryl methyl sites for hydroxylation is 2. The van der Waals surface area contributed by atoms with Gasteiger partial charge in [0.2, 0.25) is 0 Å². The van der Waals surface area contributed by atoms with E-state index in [0.717, 1.165) is 34.2 Å². The Morgan fingerprint density at radius 1 is 1.12 bits per heavy atom. The van der Waals surface area contributed by atoms with E-state index in [1.165, 1.54) is 11.0 Å². The molecule has 2 aliphatic heterocycles. The molecule has 10 nitrogen and oxygen atoms in total. The number of nitrogens with zero attached hydrogens (tertiary/aromatic N) is 5. The van der Waals surface area contributed by atoms with Crippen LogP contribution in [0, 0.1) is 6.92 Å². The maximum atomic E-state index is 14.6. The topological polar surface area (TPSA) is 117 Å². The second kappa shape index (κ2) is 13.9. The standard InChI is InChI=1S/C37H45N5O5Si/c1-9-15-45-36(44)42-31-21-33(46-23-26-17-25(10-2)18-29(19-26)39-40-38)24(3)16-30(31)34(43)41-22-28-14-12-11-13-27(28)20-32(41)35(42)47-48(7,8)37(4,5)6/h9,11-14,16-19,21,32,35H,1,10,15,20,22-23H2,2-8H3/t32-,35?/m0/s1. The van der Waals surface area contributed by atoms with E-state index < -0.39 is 26.7 Å². The Balaban J connectivity index is 1.65. The number of hydrogen-bond acceptors (Lipinski definition) is 6. The van der Waals surface area contributed by atoms with Crippen LogP contribution < -0.4 is 9.64 Å². The Morgan fingerprint density at radius 3 is 2.50 bits per heavy atom. The molecule has 2 heterocycles. The van der Waals surface area contributed by atoms with E-state index in [-0.39, 0.29) is 24.2 Å². The molecule has 3 aromatic rings. The molecule has 11 heteroatoms. The first-order valence-electron chi connectivity index (χ1n) is 16.4. The van der Waals surface area contributed by atoms with Gasteiger partial charge >= 0.3 is 6.09 Å². The summed E-state index contributed by atoms with van der Waals surface area (Å²) in [6.07, 6.45) is 1.35. The number of ether oxygens (including phenoxy) is 2. The molecule has 0 bridgehead atoms. The van der Waals surface area contributed by atoms with Gasteiger partial charge in [-0.15, -0.1) is 0 Å². The average Bonchev–Trinajstić information content (AvgIpc) is 3.13. The molecule has 0 saturated heterocycles. The highest BCUT2D eigenvalue weighted by Crippen LogP contribution is 2.44. The number of carbonyl (C=O) groups is 2. The van der Waals surface area contributed by atoms with Crippen LogP contribution in [0.3, 0.4) is 0 Å². The summed E-state index contributed by atoms with van der Waals surface area (Å²) in [5.41, 5.74) is 15.0. The van der Waals surface area contributed by atoms with E-state index in [2.05, 4.69) is 56.5 Å². The second-order valence-corrected chi connectivity index (χ2v) is 18.7. The quantitative estimate of drug-likeness (QED) is 0.0742. The van der Waals surface area contributed by atoms with Crippen molar-refractivity contribution in [1.82, 2.24) is 4.90 Å². The zero-order valence-electron chi connectivity index (χ0n) is 28.9. The van der Waals surface area contributed by atoms with E-state index in [0.29, 0.717) is 35.7 Å². The van der Waals surface area contributed by atoms with Crippen molar-refractivity contribution in [3.05, 3.63) is 111 Å². The molecule has 0 spiro atoms. The van der Waals surface area contributed by atoms with Crippen LogP contribution in [-0.2, 0) is 35.2 Å². The van der Waals surface area contributed by atoms with E-state index in [1.54, 1.807) is 18.2 Å². The number of rotatable bonds is 9. The van der Waals surface area contributed by atoms with Gasteiger partial charge in [0.05, 0.1) is 17.3 Å². The minimum absolute atomic E-state index is 0.000854. The average molecular weight is 668 g/mol. The summed E-state index contributed by atoms with van der Waals surface area (Å²) in [6, 6.07) is 16.8. The van der Waals surface area contributed by atoms with Crippen molar-refractivity contribution in [2.24, 2.45) is 5.11 Å². The lowest BCUT2D eigenvalue weighted by Crippen LogP contribution is -2.60. The molecular weight excluding hydrogens is 623 g/mol. The van der Waals surface area contributed by atoms with Crippen molar-refractivity contribution < 1.29 is 23.5 Å². The van der Waals surface area contributed by atoms with Crippen LogP contribution in [0.1, 0.15) is 65.9 Å². The molecule has 2 aliphatic rings. The zero-order valence-corrected chi connectivity index (χ0v) is 29.9. The van der Waals surface area contributed by atoms with Gasteiger partial charge in [-0.05, 0) is 89.4 Å². The van der Waals surface area contributed by atoms with Gasteiger partial charge in [-0.2, -0.15) is 0 Å². The first kappa shape index (κ1) is 34.8. The molecule has 0 aromatic heterocycles. The molecular formula is C37H45N5O5Si. The predicted molar refractivity (Wildman–Crippen MR) is 190 cm³/mol. The first-order valence-corrected chi connectivity index (χ1v) is 19.3. The third-order valence-electron chi connectivity index (χ3n) is 9.66. The van der Waals surface area contributed by atoms with Crippen LogP contribution in [0.15, 0.2) is 72.4 Å². The molecule has 252 valence electrons. The number of amides is 2. The number of anilines is 1. The summed E-state index contributed by atoms with van der Waals surface area (Å²) in [5.74, 6) is 0.321. The van der Waals surface area contributed by atoms with E-state index in [1.807, 2.05) is 49.1 Å². The van der Waals surface area contributed by atoms with Crippen molar-refractivity contribution in [3.8, 4) is 5.75 Å². The summed E-state index contributed by atoms with van der Waals surface area (Å²) >= 11 is 0. The molecule has 0 fully saturated rings. The van der Waals surface area contributed by atoms with Gasteiger partial charge in [-0.25, -0.2) is 9.69 Å². The number of fused-ring (bicyclic) bond motifs is 3. The molecule has 2 atom stereocenters. The Morgan fingerprint density at radius 2 is 1.83 bits per heavy atom. The van der Waals surface area contributed by atoms with Gasteiger partial charge in [0.25, 0.3) is 5.91 Å². The van der Waals surface area contributed by atoms with Crippen LogP contribution in [0.2, 0.25) is 18.1 Å². The lowest BCUT2D eigenvalue weighted by molar-refractivity contribution is 0.0338. The molecule has 3 aromatic carbocycles. The zero-order chi connectivity index (χ0) is 34.8. The van der Waals surface area contributed by atoms with Crippen LogP contribution in [0.5, 0.6) is 5.75 Å². The molecule has 0 N–H and O–H groups in total. The lowest BCUT2D eigenvalue weighted by Gasteiger charge is -2.47. The third kappa shape index (κ3) is 6.99. The van der Waals surface area contributed by atoms with Crippen molar-refractivity contribution in [1.29, 1.82) is 0 Å². The lowest BCUT2D eigenvalue weighted by atomic mass is 9.92. The Labute approximate surface area is 284 Å². The molecule has 0 saturated carbocycles. The molecule has 0 radical (unpaired) electrons. The van der Waals surface area contributed by atoms with Crippen LogP contribution in [0.25, 0.3) is 10.4 Å². The number of hydrogen-bond donors (Lipinski definition) is 0. The van der Waals surface area contributed by atoms with Crippen LogP contribution >= 0.6 is 0 Å². The summed E-state index contributed by atoms with van der Waals surface area (Å²) in [5, 5.41) is 3.61. The minimum Gasteiger partial charge on any atom is -0.489 e. The predicted octanol–water partition coefficient (Wildman–Crippen LogP) is 9.14. The fourth-order valence-electron chi connectivity index (χ4n) is 6.00. The number of carbonyl (C=O) groups excluding carboxylic acids is 2. The number of azide groups is 1. The summed E-state index contributed by atoms with van der Waals surface area (Å²) in [6.45, 7) is 19.0. The van der Waals surface area contributed by atoms with E-state index in [9.17, 15) is 9.59 Å². The molecule has 2 amide bonds. The van der Waals surface area contributed by atoms with Gasteiger partial charge in [-0.3, -0.25) is 4.79 Å². The van der Waals surface area contributed by atoms with Crippen molar-refractivity contribution >= 4 is 31.7 Å². The third-order valence-corrected chi connectivity index (χ3v) is 14.1. The minimum atomic E-state index is -2.52. The Hall–Kier alpha value is -4.57. The fraction of sp³-hybridized carbons (Fsp3) is 0.405. The van der Waals surface area contributed by atoms with Gasteiger partial charge in [0.15, 0.2) is 14.5 Å². The summed E-state index contributed by atoms with van der Waals surface area (Å²) in [4.78, 5) is 35.1. The highest BCUT2D eigenvalue weighted by atomic mass is 28.4. The molecule has 1 unspecified atom stereocenters. The molecule has 48 heavy (non-hydrogen) atoms. The smallest absolute Gasteiger partial charge is 0.416 e. The van der Waals surface area contributed by atoms with Gasteiger partial charge in [0, 0.05) is 23.2 Å². The SMILES string of the molecule is C=CCOC(=O)N1c2cc(OCc3cc(CC)cc(N=[N+]=[N-])c3)c(C)cc2C(=O)N2Cc3ccccc3C[C@H]2C1O[Si](C)(C)C(C)(C)C. The highest BCUT2D eigenvalue weighted by molar-refractivity contribution is 6.74. The highest BCUT2D eigenvalue weighted by Gasteiger charge is 2.50. The Bertz CT molecular complexity index is 1780. The maximum Gasteiger partial charge on any atom is 0.416 e. The van der Waals surface area contributed by atoms with Gasteiger partial charge < -0.3 is 18.8 Å². The molecule has 5 rings (SSSR count). The summed E-state index contributed by atoms with van der Waals surface area (Å²) in [7, 11) is -2.52. The van der Waals surface area contributed by atoms with Crippen LogP contribution in [0.4, 0.5) is 16.2 Å². The fourth-order valence-corrected chi connectivity index (χ4v) is 7.22. The normalized spacial score (nSPS) is 17.4. The largest absolute Gasteiger partial charge is 0.489 e. The second-order valence-electron chi connectivity index (χ2n) is 14.0. The van der Waals surface area contributed by atoms with Crippen LogP contribution in [-0.4, -0.2) is 44.1 Å². The van der Waals surface area contributed by atoms with Gasteiger partial charge in [0.1, 0.15) is 19.0 Å². The monoisotopic (exact) mass is 667 g/mol. The van der Waals surface area contributed by atoms with Crippen molar-refractivity contribution in [2.75, 3.05) is 11.5 Å². The van der Waals surface area contributed by atoms with Crippen molar-refractivity contribution in [3.63, 3.8) is 0 Å². The number of benzene rings is 3. The van der Waals surface area contributed by atoms with E-state index in [4.69, 9.17) is 19.4 Å². The maximum absolute atomic E-state index is 14.6. The summed E-state index contributed by atoms with van der Waals surface area (Å²) < 4.78 is 19.2.